The van der Waals surface area contributed by atoms with Crippen LogP contribution in [0.3, 0.4) is 0 Å². The molecular weight excluding hydrogens is 446 g/mol. The van der Waals surface area contributed by atoms with E-state index in [9.17, 15) is 14.7 Å². The molecular formula is C27H37N3O5. The molecule has 2 atom stereocenters. The largest absolute Gasteiger partial charge is 0.481 e. The van der Waals surface area contributed by atoms with Crippen molar-refractivity contribution in [1.82, 2.24) is 14.8 Å². The summed E-state index contributed by atoms with van der Waals surface area (Å²) in [5.74, 6) is -0.619. The Morgan fingerprint density at radius 1 is 1.23 bits per heavy atom. The highest BCUT2D eigenvalue weighted by Crippen LogP contribution is 2.46. The minimum absolute atomic E-state index is 0.000880. The van der Waals surface area contributed by atoms with E-state index in [-0.39, 0.29) is 12.1 Å². The predicted molar refractivity (Wildman–Crippen MR) is 134 cm³/mol. The first-order chi connectivity index (χ1) is 16.6. The van der Waals surface area contributed by atoms with Crippen LogP contribution in [0.15, 0.2) is 24.4 Å². The van der Waals surface area contributed by atoms with Crippen LogP contribution >= 0.6 is 0 Å². The second kappa shape index (κ2) is 10.0. The van der Waals surface area contributed by atoms with Gasteiger partial charge in [0.05, 0.1) is 13.0 Å². The number of ether oxygens (including phenoxy) is 2. The first-order valence-corrected chi connectivity index (χ1v) is 12.5. The van der Waals surface area contributed by atoms with E-state index in [0.29, 0.717) is 31.4 Å². The summed E-state index contributed by atoms with van der Waals surface area (Å²) in [6.45, 7) is 9.81. The van der Waals surface area contributed by atoms with Crippen molar-refractivity contribution in [2.45, 2.75) is 70.4 Å². The summed E-state index contributed by atoms with van der Waals surface area (Å²) in [7, 11) is 1.59. The summed E-state index contributed by atoms with van der Waals surface area (Å²) in [5.41, 5.74) is 1.37. The number of carboxylic acid groups (broad SMARTS) is 1. The normalized spacial score (nSPS) is 20.4. The molecule has 2 fully saturated rings. The van der Waals surface area contributed by atoms with E-state index < -0.39 is 17.5 Å². The number of carbonyl (C=O) groups excluding carboxylic acids is 1. The fourth-order valence-corrected chi connectivity index (χ4v) is 5.01. The van der Waals surface area contributed by atoms with Gasteiger partial charge in [0.1, 0.15) is 5.60 Å². The molecule has 0 radical (unpaired) electrons. The summed E-state index contributed by atoms with van der Waals surface area (Å²) in [5, 5.41) is 12.2. The lowest BCUT2D eigenvalue weighted by molar-refractivity contribution is -0.139. The third-order valence-corrected chi connectivity index (χ3v) is 6.87. The molecule has 1 N–H and O–H groups in total. The highest BCUT2D eigenvalue weighted by molar-refractivity contribution is 5.96. The van der Waals surface area contributed by atoms with Gasteiger partial charge in [-0.05, 0) is 75.5 Å². The van der Waals surface area contributed by atoms with Gasteiger partial charge >= 0.3 is 12.1 Å². The topological polar surface area (TPSA) is 92.2 Å². The summed E-state index contributed by atoms with van der Waals surface area (Å²) < 4.78 is 11.1. The van der Waals surface area contributed by atoms with Crippen molar-refractivity contribution in [2.24, 2.45) is 0 Å². The van der Waals surface area contributed by atoms with Crippen LogP contribution in [0.1, 0.15) is 69.9 Å². The molecule has 190 valence electrons. The number of hydrogen-bond donors (Lipinski definition) is 1. The van der Waals surface area contributed by atoms with Crippen molar-refractivity contribution < 1.29 is 24.2 Å². The molecule has 2 aromatic rings. The number of benzene rings is 1. The maximum atomic E-state index is 12.7. The van der Waals surface area contributed by atoms with Crippen LogP contribution in [-0.4, -0.2) is 76.9 Å². The number of carboxylic acids is 1. The summed E-state index contributed by atoms with van der Waals surface area (Å²) >= 11 is 0. The number of nitrogens with zero attached hydrogens (tertiary/aromatic N) is 3. The molecule has 1 unspecified atom stereocenters. The van der Waals surface area contributed by atoms with Gasteiger partial charge in [-0.3, -0.25) is 9.69 Å². The van der Waals surface area contributed by atoms with Crippen molar-refractivity contribution in [2.75, 3.05) is 33.3 Å². The molecule has 1 aliphatic heterocycles. The van der Waals surface area contributed by atoms with E-state index in [0.717, 1.165) is 47.7 Å². The summed E-state index contributed by atoms with van der Waals surface area (Å²) in [6, 6.07) is 5.79. The minimum atomic E-state index is -0.851. The molecule has 2 heterocycles. The molecule has 1 aliphatic carbocycles. The fourth-order valence-electron chi connectivity index (χ4n) is 5.01. The molecule has 1 saturated carbocycles. The third kappa shape index (κ3) is 5.69. The van der Waals surface area contributed by atoms with Crippen LogP contribution in [0, 0.1) is 0 Å². The van der Waals surface area contributed by atoms with Gasteiger partial charge in [-0.25, -0.2) is 9.78 Å². The Hall–Kier alpha value is -2.87. The van der Waals surface area contributed by atoms with Gasteiger partial charge in [0.15, 0.2) is 0 Å². The second-order valence-corrected chi connectivity index (χ2v) is 10.8. The number of pyridine rings is 1. The van der Waals surface area contributed by atoms with E-state index in [1.54, 1.807) is 12.0 Å². The smallest absolute Gasteiger partial charge is 0.410 e. The Morgan fingerprint density at radius 3 is 2.60 bits per heavy atom. The maximum absolute atomic E-state index is 12.7. The SMILES string of the molecule is COc1ncc(C2CC2)c2c(C(CN3CCCN(C(=O)OC(C)(C)C)C[C@H]3C)C(=O)O)cccc12. The van der Waals surface area contributed by atoms with E-state index >= 15 is 0 Å². The zero-order valence-corrected chi connectivity index (χ0v) is 21.4. The summed E-state index contributed by atoms with van der Waals surface area (Å²) in [6.07, 6.45) is 4.49. The summed E-state index contributed by atoms with van der Waals surface area (Å²) in [4.78, 5) is 33.7. The monoisotopic (exact) mass is 483 g/mol. The van der Waals surface area contributed by atoms with Gasteiger partial charge in [-0.2, -0.15) is 0 Å². The van der Waals surface area contributed by atoms with Crippen LogP contribution in [0.25, 0.3) is 10.8 Å². The van der Waals surface area contributed by atoms with Crippen molar-refractivity contribution in [1.29, 1.82) is 0 Å². The molecule has 0 spiro atoms. The molecule has 8 nitrogen and oxygen atoms in total. The Morgan fingerprint density at radius 2 is 1.97 bits per heavy atom. The zero-order chi connectivity index (χ0) is 25.3. The Bertz CT molecular complexity index is 1090. The number of hydrogen-bond acceptors (Lipinski definition) is 6. The first kappa shape index (κ1) is 25.2. The lowest BCUT2D eigenvalue weighted by Gasteiger charge is -2.32. The van der Waals surface area contributed by atoms with Gasteiger partial charge in [-0.1, -0.05) is 12.1 Å². The quantitative estimate of drug-likeness (QED) is 0.641. The van der Waals surface area contributed by atoms with Crippen LogP contribution in [0.2, 0.25) is 0 Å². The van der Waals surface area contributed by atoms with Crippen LogP contribution < -0.4 is 4.74 Å². The third-order valence-electron chi connectivity index (χ3n) is 6.87. The van der Waals surface area contributed by atoms with Gasteiger partial charge < -0.3 is 19.5 Å². The number of methoxy groups -OCH3 is 1. The Kier molecular flexibility index (Phi) is 7.22. The van der Waals surface area contributed by atoms with Crippen molar-refractivity contribution in [3.8, 4) is 5.88 Å². The van der Waals surface area contributed by atoms with Crippen LogP contribution in [0.4, 0.5) is 4.79 Å². The van der Waals surface area contributed by atoms with Gasteiger partial charge in [0, 0.05) is 43.8 Å². The molecule has 1 amide bonds. The number of aliphatic carboxylic acids is 1. The highest BCUT2D eigenvalue weighted by Gasteiger charge is 2.34. The molecule has 35 heavy (non-hydrogen) atoms. The maximum Gasteiger partial charge on any atom is 0.410 e. The number of carbonyl (C=O) groups is 2. The lowest BCUT2D eigenvalue weighted by Crippen LogP contribution is -2.44. The van der Waals surface area contributed by atoms with Crippen molar-refractivity contribution in [3.05, 3.63) is 35.5 Å². The minimum Gasteiger partial charge on any atom is -0.481 e. The van der Waals surface area contributed by atoms with Crippen LogP contribution in [-0.2, 0) is 9.53 Å². The Labute approximate surface area is 207 Å². The number of aromatic nitrogens is 1. The van der Waals surface area contributed by atoms with E-state index in [4.69, 9.17) is 9.47 Å². The average molecular weight is 484 g/mol. The van der Waals surface area contributed by atoms with E-state index in [1.807, 2.05) is 52.1 Å². The number of amides is 1. The van der Waals surface area contributed by atoms with Crippen molar-refractivity contribution in [3.63, 3.8) is 0 Å². The average Bonchev–Trinajstić information content (AvgIpc) is 3.64. The van der Waals surface area contributed by atoms with E-state index in [1.165, 1.54) is 0 Å². The number of fused-ring (bicyclic) bond motifs is 1. The molecule has 0 bridgehead atoms. The predicted octanol–water partition coefficient (Wildman–Crippen LogP) is 4.62. The molecule has 4 rings (SSSR count). The number of rotatable bonds is 6. The highest BCUT2D eigenvalue weighted by atomic mass is 16.6. The molecule has 1 aromatic heterocycles. The fraction of sp³-hybridized carbons (Fsp3) is 0.593. The zero-order valence-electron chi connectivity index (χ0n) is 21.4. The van der Waals surface area contributed by atoms with Gasteiger partial charge in [0.2, 0.25) is 5.88 Å². The second-order valence-electron chi connectivity index (χ2n) is 10.8. The van der Waals surface area contributed by atoms with Crippen LogP contribution in [0.5, 0.6) is 5.88 Å². The molecule has 1 aromatic carbocycles. The standard InChI is InChI=1S/C27H37N3O5/c1-17-15-30(26(33)35-27(2,3)4)13-7-12-29(17)16-22(25(31)32)19-8-6-9-20-23(19)21(18-10-11-18)14-28-24(20)34-5/h6,8-9,14,17-18,22H,7,10-13,15-16H2,1-5H3,(H,31,32)/t17-,22?/m1/s1. The van der Waals surface area contributed by atoms with Crippen molar-refractivity contribution >= 4 is 22.8 Å². The Balaban J connectivity index is 1.62. The molecule has 2 aliphatic rings. The first-order valence-electron chi connectivity index (χ1n) is 12.5. The molecule has 1 saturated heterocycles. The van der Waals surface area contributed by atoms with Gasteiger partial charge in [-0.15, -0.1) is 0 Å². The lowest BCUT2D eigenvalue weighted by atomic mass is 9.89. The molecule has 8 heteroatoms. The van der Waals surface area contributed by atoms with Gasteiger partial charge in [0.25, 0.3) is 0 Å². The van der Waals surface area contributed by atoms with E-state index in [2.05, 4.69) is 9.88 Å².